The molecule has 0 radical (unpaired) electrons. The SMILES string of the molecule is CCn1cc(C(=O)N2CCC3(CCC(=O)N(CC(N)=O)C3)CC2)cn1. The number of hydrogen-bond acceptors (Lipinski definition) is 4. The lowest BCUT2D eigenvalue weighted by Gasteiger charge is -2.47. The van der Waals surface area contributed by atoms with E-state index in [9.17, 15) is 14.4 Å². The first-order chi connectivity index (χ1) is 11.9. The number of amides is 3. The normalized spacial score (nSPS) is 20.1. The Morgan fingerprint density at radius 1 is 1.28 bits per heavy atom. The van der Waals surface area contributed by atoms with E-state index in [4.69, 9.17) is 5.73 Å². The van der Waals surface area contributed by atoms with Crippen LogP contribution in [-0.4, -0.2) is 63.5 Å². The first-order valence-corrected chi connectivity index (χ1v) is 8.80. The number of carbonyl (C=O) groups is 3. The Labute approximate surface area is 146 Å². The second-order valence-corrected chi connectivity index (χ2v) is 7.09. The number of nitrogens with two attached hydrogens (primary N) is 1. The first-order valence-electron chi connectivity index (χ1n) is 8.80. The first kappa shape index (κ1) is 17.4. The van der Waals surface area contributed by atoms with E-state index in [0.717, 1.165) is 25.8 Å². The van der Waals surface area contributed by atoms with E-state index in [1.807, 2.05) is 11.8 Å². The Morgan fingerprint density at radius 2 is 2.00 bits per heavy atom. The van der Waals surface area contributed by atoms with Gasteiger partial charge in [-0.3, -0.25) is 19.1 Å². The van der Waals surface area contributed by atoms with Crippen LogP contribution in [0.5, 0.6) is 0 Å². The molecule has 136 valence electrons. The van der Waals surface area contributed by atoms with Crippen molar-refractivity contribution in [1.82, 2.24) is 19.6 Å². The molecule has 2 N–H and O–H groups in total. The van der Waals surface area contributed by atoms with E-state index in [-0.39, 0.29) is 23.8 Å². The summed E-state index contributed by atoms with van der Waals surface area (Å²) in [6.45, 7) is 4.59. The highest BCUT2D eigenvalue weighted by molar-refractivity contribution is 5.93. The molecule has 25 heavy (non-hydrogen) atoms. The molecule has 3 rings (SSSR count). The van der Waals surface area contributed by atoms with Crippen molar-refractivity contribution >= 4 is 17.7 Å². The maximum absolute atomic E-state index is 12.6. The van der Waals surface area contributed by atoms with Crippen LogP contribution in [-0.2, 0) is 16.1 Å². The van der Waals surface area contributed by atoms with Crippen LogP contribution in [0.15, 0.2) is 12.4 Å². The summed E-state index contributed by atoms with van der Waals surface area (Å²) in [5, 5.41) is 4.16. The molecule has 1 aromatic heterocycles. The minimum absolute atomic E-state index is 0.00471. The largest absolute Gasteiger partial charge is 0.368 e. The van der Waals surface area contributed by atoms with Gasteiger partial charge in [0, 0.05) is 38.8 Å². The summed E-state index contributed by atoms with van der Waals surface area (Å²) in [5.74, 6) is -0.476. The van der Waals surface area contributed by atoms with Crippen LogP contribution in [0.2, 0.25) is 0 Å². The van der Waals surface area contributed by atoms with Gasteiger partial charge in [0.2, 0.25) is 11.8 Å². The molecular formula is C17H25N5O3. The van der Waals surface area contributed by atoms with Gasteiger partial charge in [0.15, 0.2) is 0 Å². The number of aryl methyl sites for hydroxylation is 1. The van der Waals surface area contributed by atoms with Gasteiger partial charge in [-0.2, -0.15) is 5.10 Å². The second-order valence-electron chi connectivity index (χ2n) is 7.09. The van der Waals surface area contributed by atoms with Gasteiger partial charge < -0.3 is 15.5 Å². The van der Waals surface area contributed by atoms with Crippen LogP contribution in [0.3, 0.4) is 0 Å². The molecule has 3 heterocycles. The van der Waals surface area contributed by atoms with Crippen molar-refractivity contribution in [3.05, 3.63) is 18.0 Å². The van der Waals surface area contributed by atoms with Crippen molar-refractivity contribution in [2.24, 2.45) is 11.1 Å². The monoisotopic (exact) mass is 347 g/mol. The fourth-order valence-corrected chi connectivity index (χ4v) is 3.86. The van der Waals surface area contributed by atoms with Crippen LogP contribution in [0.1, 0.15) is 43.0 Å². The van der Waals surface area contributed by atoms with Gasteiger partial charge in [-0.15, -0.1) is 0 Å². The zero-order valence-corrected chi connectivity index (χ0v) is 14.6. The Bertz CT molecular complexity index is 676. The van der Waals surface area contributed by atoms with Crippen molar-refractivity contribution in [3.63, 3.8) is 0 Å². The van der Waals surface area contributed by atoms with Gasteiger partial charge in [0.25, 0.3) is 5.91 Å². The van der Waals surface area contributed by atoms with E-state index in [2.05, 4.69) is 5.10 Å². The molecule has 2 aliphatic rings. The smallest absolute Gasteiger partial charge is 0.257 e. The van der Waals surface area contributed by atoms with Gasteiger partial charge in [-0.25, -0.2) is 0 Å². The molecule has 0 bridgehead atoms. The Morgan fingerprint density at radius 3 is 2.60 bits per heavy atom. The number of rotatable bonds is 4. The molecule has 1 aromatic rings. The van der Waals surface area contributed by atoms with E-state index < -0.39 is 5.91 Å². The molecule has 0 aromatic carbocycles. The molecule has 0 saturated carbocycles. The minimum atomic E-state index is -0.481. The van der Waals surface area contributed by atoms with Gasteiger partial charge in [-0.05, 0) is 31.6 Å². The van der Waals surface area contributed by atoms with Crippen molar-refractivity contribution in [1.29, 1.82) is 0 Å². The summed E-state index contributed by atoms with van der Waals surface area (Å²) in [6.07, 6.45) is 6.33. The molecule has 0 unspecified atom stereocenters. The van der Waals surface area contributed by atoms with E-state index in [1.165, 1.54) is 0 Å². The van der Waals surface area contributed by atoms with Crippen LogP contribution in [0.4, 0.5) is 0 Å². The molecular weight excluding hydrogens is 322 g/mol. The number of nitrogens with zero attached hydrogens (tertiary/aromatic N) is 4. The standard InChI is InChI=1S/C17H25N5O3/c1-2-22-10-13(9-19-22)16(25)20-7-5-17(6-8-20)4-3-15(24)21(12-17)11-14(18)23/h9-10H,2-8,11-12H2,1H3,(H2,18,23). The third-order valence-electron chi connectivity index (χ3n) is 5.41. The van der Waals surface area contributed by atoms with Gasteiger partial charge >= 0.3 is 0 Å². The minimum Gasteiger partial charge on any atom is -0.368 e. The summed E-state index contributed by atoms with van der Waals surface area (Å²) in [5.41, 5.74) is 5.86. The average Bonchev–Trinajstić information content (AvgIpc) is 3.07. The predicted octanol–water partition coefficient (Wildman–Crippen LogP) is 0.233. The number of likely N-dealkylation sites (tertiary alicyclic amines) is 2. The topological polar surface area (TPSA) is 102 Å². The van der Waals surface area contributed by atoms with E-state index in [0.29, 0.717) is 31.6 Å². The molecule has 1 spiro atoms. The Hall–Kier alpha value is -2.38. The van der Waals surface area contributed by atoms with Crippen molar-refractivity contribution in [2.75, 3.05) is 26.2 Å². The van der Waals surface area contributed by atoms with Gasteiger partial charge in [-0.1, -0.05) is 0 Å². The number of hydrogen-bond donors (Lipinski definition) is 1. The van der Waals surface area contributed by atoms with Crippen molar-refractivity contribution in [3.8, 4) is 0 Å². The summed E-state index contributed by atoms with van der Waals surface area (Å²) < 4.78 is 1.74. The zero-order valence-electron chi connectivity index (χ0n) is 14.6. The third kappa shape index (κ3) is 3.67. The van der Waals surface area contributed by atoms with Crippen LogP contribution in [0.25, 0.3) is 0 Å². The molecule has 3 amide bonds. The summed E-state index contributed by atoms with van der Waals surface area (Å²) in [7, 11) is 0. The molecule has 2 fully saturated rings. The van der Waals surface area contributed by atoms with Crippen LogP contribution < -0.4 is 5.73 Å². The highest BCUT2D eigenvalue weighted by atomic mass is 16.2. The maximum Gasteiger partial charge on any atom is 0.257 e. The maximum atomic E-state index is 12.6. The molecule has 8 nitrogen and oxygen atoms in total. The Balaban J connectivity index is 1.61. The van der Waals surface area contributed by atoms with Crippen molar-refractivity contribution in [2.45, 2.75) is 39.2 Å². The molecule has 2 saturated heterocycles. The Kier molecular flexibility index (Phi) is 4.78. The van der Waals surface area contributed by atoms with Crippen molar-refractivity contribution < 1.29 is 14.4 Å². The highest BCUT2D eigenvalue weighted by Crippen LogP contribution is 2.40. The lowest BCUT2D eigenvalue weighted by atomic mass is 9.72. The fraction of sp³-hybridized carbons (Fsp3) is 0.647. The summed E-state index contributed by atoms with van der Waals surface area (Å²) in [4.78, 5) is 39.2. The number of aromatic nitrogens is 2. The van der Waals surface area contributed by atoms with Gasteiger partial charge in [0.05, 0.1) is 18.3 Å². The summed E-state index contributed by atoms with van der Waals surface area (Å²) >= 11 is 0. The number of carbonyl (C=O) groups excluding carboxylic acids is 3. The molecule has 8 heteroatoms. The molecule has 0 atom stereocenters. The predicted molar refractivity (Wildman–Crippen MR) is 90.5 cm³/mol. The summed E-state index contributed by atoms with van der Waals surface area (Å²) in [6, 6.07) is 0. The van der Waals surface area contributed by atoms with E-state index in [1.54, 1.807) is 22.0 Å². The van der Waals surface area contributed by atoms with Gasteiger partial charge in [0.1, 0.15) is 0 Å². The van der Waals surface area contributed by atoms with E-state index >= 15 is 0 Å². The third-order valence-corrected chi connectivity index (χ3v) is 5.41. The number of primary amides is 1. The average molecular weight is 347 g/mol. The lowest BCUT2D eigenvalue weighted by Crippen LogP contribution is -2.53. The van der Waals surface area contributed by atoms with Crippen LogP contribution >= 0.6 is 0 Å². The number of piperidine rings is 2. The molecule has 0 aliphatic carbocycles. The fourth-order valence-electron chi connectivity index (χ4n) is 3.86. The highest BCUT2D eigenvalue weighted by Gasteiger charge is 2.42. The quantitative estimate of drug-likeness (QED) is 0.842. The lowest BCUT2D eigenvalue weighted by molar-refractivity contribution is -0.142. The molecule has 2 aliphatic heterocycles. The van der Waals surface area contributed by atoms with Crippen LogP contribution in [0, 0.1) is 5.41 Å². The second kappa shape index (κ2) is 6.85. The zero-order chi connectivity index (χ0) is 18.0.